The summed E-state index contributed by atoms with van der Waals surface area (Å²) in [6.07, 6.45) is 5.62. The van der Waals surface area contributed by atoms with Crippen molar-refractivity contribution in [3.63, 3.8) is 0 Å². The van der Waals surface area contributed by atoms with Crippen molar-refractivity contribution < 1.29 is 9.59 Å². The van der Waals surface area contributed by atoms with Crippen LogP contribution in [0.5, 0.6) is 0 Å². The van der Waals surface area contributed by atoms with Crippen LogP contribution in [0, 0.1) is 5.41 Å². The van der Waals surface area contributed by atoms with Gasteiger partial charge in [0.25, 0.3) is 11.8 Å². The van der Waals surface area contributed by atoms with Crippen molar-refractivity contribution in [3.8, 4) is 0 Å². The van der Waals surface area contributed by atoms with Crippen molar-refractivity contribution in [1.29, 1.82) is 0 Å². The van der Waals surface area contributed by atoms with E-state index in [1.807, 2.05) is 15.2 Å². The zero-order chi connectivity index (χ0) is 17.3. The molecule has 0 aliphatic carbocycles. The summed E-state index contributed by atoms with van der Waals surface area (Å²) in [5, 5.41) is 8.41. The highest BCUT2D eigenvalue weighted by Gasteiger charge is 2.41. The molecule has 2 aliphatic heterocycles. The molecule has 0 aromatic carbocycles. The van der Waals surface area contributed by atoms with Crippen LogP contribution in [0.3, 0.4) is 0 Å². The number of aromatic nitrogens is 3. The summed E-state index contributed by atoms with van der Waals surface area (Å²) in [7, 11) is 0. The molecule has 8 heteroatoms. The normalized spacial score (nSPS) is 20.0. The van der Waals surface area contributed by atoms with Crippen LogP contribution >= 0.6 is 11.3 Å². The minimum atomic E-state index is 0.0126. The van der Waals surface area contributed by atoms with Crippen molar-refractivity contribution in [2.45, 2.75) is 25.7 Å². The Bertz CT molecular complexity index is 735. The minimum Gasteiger partial charge on any atom is -0.337 e. The van der Waals surface area contributed by atoms with Gasteiger partial charge in [-0.15, -0.1) is 11.3 Å². The Morgan fingerprint density at radius 3 is 2.64 bits per heavy atom. The summed E-state index contributed by atoms with van der Waals surface area (Å²) in [5.74, 6) is 0.0508. The Labute approximate surface area is 150 Å². The van der Waals surface area contributed by atoms with E-state index in [4.69, 9.17) is 0 Å². The first kappa shape index (κ1) is 16.3. The van der Waals surface area contributed by atoms with Gasteiger partial charge in [-0.25, -0.2) is 4.98 Å². The van der Waals surface area contributed by atoms with Crippen LogP contribution < -0.4 is 0 Å². The van der Waals surface area contributed by atoms with Gasteiger partial charge in [-0.2, -0.15) is 5.10 Å². The first-order valence-corrected chi connectivity index (χ1v) is 9.57. The predicted octanol–water partition coefficient (Wildman–Crippen LogP) is 2.02. The zero-order valence-corrected chi connectivity index (χ0v) is 14.8. The molecule has 7 nitrogen and oxygen atoms in total. The molecule has 2 aliphatic rings. The lowest BCUT2D eigenvalue weighted by Gasteiger charge is -2.47. The first-order chi connectivity index (χ1) is 12.2. The van der Waals surface area contributed by atoms with Gasteiger partial charge in [0.1, 0.15) is 11.4 Å². The van der Waals surface area contributed by atoms with E-state index in [1.54, 1.807) is 17.8 Å². The number of carbonyl (C=O) groups is 2. The van der Waals surface area contributed by atoms with Crippen molar-refractivity contribution in [2.75, 3.05) is 26.2 Å². The van der Waals surface area contributed by atoms with Gasteiger partial charge in [0.2, 0.25) is 0 Å². The molecule has 0 bridgehead atoms. The number of nitrogens with zero attached hydrogens (tertiary/aromatic N) is 4. The highest BCUT2D eigenvalue weighted by Crippen LogP contribution is 2.40. The molecule has 0 saturated carbocycles. The molecule has 2 aromatic heterocycles. The predicted molar refractivity (Wildman–Crippen MR) is 93.4 cm³/mol. The SMILES string of the molecule is O=C(c1cscn1)N1CCCC2(CCN(C(=O)c3ccn[nH]3)CC2)C1. The van der Waals surface area contributed by atoms with Gasteiger partial charge >= 0.3 is 0 Å². The molecule has 0 radical (unpaired) electrons. The fourth-order valence-corrected chi connectivity index (χ4v) is 4.52. The van der Waals surface area contributed by atoms with Crippen LogP contribution in [0.4, 0.5) is 0 Å². The lowest BCUT2D eigenvalue weighted by Crippen LogP contribution is -2.52. The third-order valence-electron chi connectivity index (χ3n) is 5.44. The third-order valence-corrected chi connectivity index (χ3v) is 6.03. The van der Waals surface area contributed by atoms with Crippen LogP contribution in [-0.2, 0) is 0 Å². The molecule has 2 aromatic rings. The molecule has 1 spiro atoms. The maximum atomic E-state index is 12.6. The average Bonchev–Trinajstić information content (AvgIpc) is 3.35. The number of carbonyl (C=O) groups excluding carboxylic acids is 2. The molecule has 4 heterocycles. The number of hydrogen-bond acceptors (Lipinski definition) is 5. The molecular weight excluding hydrogens is 338 g/mol. The van der Waals surface area contributed by atoms with Crippen LogP contribution in [0.25, 0.3) is 0 Å². The van der Waals surface area contributed by atoms with Crippen LogP contribution in [0.2, 0.25) is 0 Å². The summed E-state index contributed by atoms with van der Waals surface area (Å²) in [6, 6.07) is 1.71. The number of aromatic amines is 1. The van der Waals surface area contributed by atoms with Crippen molar-refractivity contribution >= 4 is 23.2 Å². The van der Waals surface area contributed by atoms with E-state index in [9.17, 15) is 9.59 Å². The summed E-state index contributed by atoms with van der Waals surface area (Å²) in [4.78, 5) is 33.0. The van der Waals surface area contributed by atoms with E-state index in [-0.39, 0.29) is 17.2 Å². The maximum absolute atomic E-state index is 12.6. The van der Waals surface area contributed by atoms with Gasteiger partial charge in [0.05, 0.1) is 5.51 Å². The molecule has 2 saturated heterocycles. The van der Waals surface area contributed by atoms with Gasteiger partial charge in [-0.1, -0.05) is 0 Å². The molecule has 1 N–H and O–H groups in total. The lowest BCUT2D eigenvalue weighted by atomic mass is 9.72. The average molecular weight is 359 g/mol. The van der Waals surface area contributed by atoms with Crippen molar-refractivity contribution in [2.24, 2.45) is 5.41 Å². The molecular formula is C17H21N5O2S. The Morgan fingerprint density at radius 2 is 1.96 bits per heavy atom. The molecule has 0 atom stereocenters. The van der Waals surface area contributed by atoms with Gasteiger partial charge in [0.15, 0.2) is 0 Å². The minimum absolute atomic E-state index is 0.0126. The Kier molecular flexibility index (Phi) is 4.29. The molecule has 0 unspecified atom stereocenters. The zero-order valence-electron chi connectivity index (χ0n) is 14.0. The maximum Gasteiger partial charge on any atom is 0.273 e. The van der Waals surface area contributed by atoms with Gasteiger partial charge in [-0.3, -0.25) is 14.7 Å². The van der Waals surface area contributed by atoms with Crippen LogP contribution in [0.15, 0.2) is 23.2 Å². The number of H-pyrrole nitrogens is 1. The second-order valence-corrected chi connectivity index (χ2v) is 7.69. The van der Waals surface area contributed by atoms with E-state index >= 15 is 0 Å². The van der Waals surface area contributed by atoms with Gasteiger partial charge in [-0.05, 0) is 37.2 Å². The molecule has 132 valence electrons. The first-order valence-electron chi connectivity index (χ1n) is 8.63. The van der Waals surface area contributed by atoms with Gasteiger partial charge in [0, 0.05) is 37.8 Å². The quantitative estimate of drug-likeness (QED) is 0.889. The van der Waals surface area contributed by atoms with Crippen molar-refractivity contribution in [3.05, 3.63) is 34.5 Å². The highest BCUT2D eigenvalue weighted by atomic mass is 32.1. The second-order valence-electron chi connectivity index (χ2n) is 6.97. The smallest absolute Gasteiger partial charge is 0.273 e. The highest BCUT2D eigenvalue weighted by molar-refractivity contribution is 7.07. The molecule has 4 rings (SSSR count). The molecule has 25 heavy (non-hydrogen) atoms. The number of rotatable bonds is 2. The van der Waals surface area contributed by atoms with Crippen LogP contribution in [-0.4, -0.2) is 63.0 Å². The number of amides is 2. The molecule has 2 amide bonds. The van der Waals surface area contributed by atoms with E-state index in [1.165, 1.54) is 11.3 Å². The fraction of sp³-hybridized carbons (Fsp3) is 0.529. The summed E-state index contributed by atoms with van der Waals surface area (Å²) >= 11 is 1.45. The Morgan fingerprint density at radius 1 is 1.12 bits per heavy atom. The number of nitrogens with one attached hydrogen (secondary N) is 1. The molecule has 2 fully saturated rings. The van der Waals surface area contributed by atoms with E-state index in [0.717, 1.165) is 51.9 Å². The standard InChI is InChI=1S/C17H21N5O2S/c23-15(13-2-6-19-20-13)21-8-4-17(5-9-21)3-1-7-22(11-17)16(24)14-10-25-12-18-14/h2,6,10,12H,1,3-5,7-9,11H2,(H,19,20). The number of hydrogen-bond donors (Lipinski definition) is 1. The summed E-state index contributed by atoms with van der Waals surface area (Å²) in [5.41, 5.74) is 2.93. The largest absolute Gasteiger partial charge is 0.337 e. The number of likely N-dealkylation sites (tertiary alicyclic amines) is 2. The van der Waals surface area contributed by atoms with E-state index < -0.39 is 0 Å². The Balaban J connectivity index is 1.40. The Hall–Kier alpha value is -2.22. The number of piperidine rings is 2. The van der Waals surface area contributed by atoms with E-state index in [2.05, 4.69) is 15.2 Å². The fourth-order valence-electron chi connectivity index (χ4n) is 4.00. The van der Waals surface area contributed by atoms with Crippen molar-refractivity contribution in [1.82, 2.24) is 25.0 Å². The topological polar surface area (TPSA) is 82.2 Å². The lowest BCUT2D eigenvalue weighted by molar-refractivity contribution is 0.0197. The van der Waals surface area contributed by atoms with Crippen LogP contribution in [0.1, 0.15) is 46.7 Å². The second kappa shape index (κ2) is 6.59. The number of thiazole rings is 1. The summed E-state index contributed by atoms with van der Waals surface area (Å²) in [6.45, 7) is 3.04. The monoisotopic (exact) mass is 359 g/mol. The van der Waals surface area contributed by atoms with E-state index in [0.29, 0.717) is 11.4 Å². The third kappa shape index (κ3) is 3.18. The summed E-state index contributed by atoms with van der Waals surface area (Å²) < 4.78 is 0. The van der Waals surface area contributed by atoms with Gasteiger partial charge < -0.3 is 9.80 Å².